The Balaban J connectivity index is 1.86. The summed E-state index contributed by atoms with van der Waals surface area (Å²) in [5.74, 6) is 1.17. The molecule has 1 amide bonds. The van der Waals surface area contributed by atoms with Crippen molar-refractivity contribution in [3.05, 3.63) is 71.3 Å². The first-order valence-electron chi connectivity index (χ1n) is 10.6. The zero-order valence-corrected chi connectivity index (χ0v) is 20.0. The van der Waals surface area contributed by atoms with Gasteiger partial charge in [-0.25, -0.2) is 0 Å². The fourth-order valence-corrected chi connectivity index (χ4v) is 3.32. The van der Waals surface area contributed by atoms with Crippen LogP contribution in [0.5, 0.6) is 28.7 Å². The van der Waals surface area contributed by atoms with Crippen LogP contribution in [0.1, 0.15) is 16.7 Å². The molecule has 0 unspecified atom stereocenters. The molecule has 0 aliphatic carbocycles. The van der Waals surface area contributed by atoms with Crippen LogP contribution in [0.2, 0.25) is 0 Å². The molecule has 0 bridgehead atoms. The van der Waals surface area contributed by atoms with Crippen molar-refractivity contribution in [1.82, 2.24) is 0 Å². The van der Waals surface area contributed by atoms with Crippen molar-refractivity contribution in [2.24, 2.45) is 0 Å². The molecule has 0 spiro atoms. The highest BCUT2D eigenvalue weighted by Gasteiger charge is 2.13. The molecular formula is C27H28N2O6. The van der Waals surface area contributed by atoms with E-state index in [1.165, 1.54) is 13.2 Å². The second-order valence-electron chi connectivity index (χ2n) is 7.40. The normalized spacial score (nSPS) is 11.0. The molecule has 0 heterocycles. The zero-order valence-electron chi connectivity index (χ0n) is 20.0. The number of anilines is 2. The van der Waals surface area contributed by atoms with E-state index in [4.69, 9.17) is 24.7 Å². The number of phenolic OH excluding ortho intramolecular Hbond substituents is 1. The Kier molecular flexibility index (Phi) is 8.24. The number of carbonyl (C=O) groups is 1. The van der Waals surface area contributed by atoms with Crippen LogP contribution in [0.25, 0.3) is 18.2 Å². The Bertz CT molecular complexity index is 1220. The lowest BCUT2D eigenvalue weighted by Gasteiger charge is -2.13. The molecule has 35 heavy (non-hydrogen) atoms. The van der Waals surface area contributed by atoms with E-state index >= 15 is 0 Å². The molecule has 0 aromatic heterocycles. The van der Waals surface area contributed by atoms with Gasteiger partial charge in [0.1, 0.15) is 0 Å². The van der Waals surface area contributed by atoms with E-state index < -0.39 is 5.91 Å². The summed E-state index contributed by atoms with van der Waals surface area (Å²) in [4.78, 5) is 12.5. The van der Waals surface area contributed by atoms with Gasteiger partial charge in [0.05, 0.1) is 34.1 Å². The summed E-state index contributed by atoms with van der Waals surface area (Å²) in [6, 6.07) is 14.0. The minimum absolute atomic E-state index is 0.174. The minimum atomic E-state index is -0.412. The molecular weight excluding hydrogens is 448 g/mol. The molecule has 8 nitrogen and oxygen atoms in total. The van der Waals surface area contributed by atoms with Crippen molar-refractivity contribution in [2.45, 2.75) is 0 Å². The van der Waals surface area contributed by atoms with Crippen molar-refractivity contribution < 1.29 is 28.8 Å². The standard InChI is InChI=1S/C27H28N2O6/c1-32-22-14-18(5-6-19-15-23(33-2)27(35-4)24(16-19)34-3)13-21(26(22)31)29-25(30)12-9-17-7-10-20(28)11-8-17/h5-16,31H,28H2,1-4H3,(H,29,30)/b6-5+,12-9+. The smallest absolute Gasteiger partial charge is 0.248 e. The number of rotatable bonds is 9. The molecule has 0 aliphatic heterocycles. The number of aromatic hydroxyl groups is 1. The monoisotopic (exact) mass is 476 g/mol. The molecule has 0 aliphatic rings. The molecule has 3 aromatic carbocycles. The first-order chi connectivity index (χ1) is 16.9. The van der Waals surface area contributed by atoms with Gasteiger partial charge < -0.3 is 35.1 Å². The van der Waals surface area contributed by atoms with Crippen LogP contribution < -0.4 is 30.0 Å². The predicted octanol–water partition coefficient (Wildman–Crippen LogP) is 4.83. The minimum Gasteiger partial charge on any atom is -0.503 e. The number of ether oxygens (including phenoxy) is 4. The van der Waals surface area contributed by atoms with E-state index in [1.54, 1.807) is 75.9 Å². The van der Waals surface area contributed by atoms with Gasteiger partial charge in [0.2, 0.25) is 11.7 Å². The Morgan fingerprint density at radius 2 is 1.31 bits per heavy atom. The van der Waals surface area contributed by atoms with Crippen LogP contribution in [-0.4, -0.2) is 39.5 Å². The van der Waals surface area contributed by atoms with E-state index in [0.29, 0.717) is 28.5 Å². The van der Waals surface area contributed by atoms with Crippen molar-refractivity contribution in [3.8, 4) is 28.7 Å². The Labute approximate surface area is 204 Å². The third-order valence-electron chi connectivity index (χ3n) is 5.09. The van der Waals surface area contributed by atoms with Crippen molar-refractivity contribution in [2.75, 3.05) is 39.5 Å². The largest absolute Gasteiger partial charge is 0.503 e. The van der Waals surface area contributed by atoms with Crippen LogP contribution in [0.3, 0.4) is 0 Å². The molecule has 0 saturated heterocycles. The summed E-state index contributed by atoms with van der Waals surface area (Å²) in [7, 11) is 6.08. The van der Waals surface area contributed by atoms with Gasteiger partial charge in [-0.1, -0.05) is 24.3 Å². The fourth-order valence-electron chi connectivity index (χ4n) is 3.32. The van der Waals surface area contributed by atoms with Gasteiger partial charge in [0, 0.05) is 11.8 Å². The van der Waals surface area contributed by atoms with Gasteiger partial charge in [-0.15, -0.1) is 0 Å². The lowest BCUT2D eigenvalue weighted by Crippen LogP contribution is -2.08. The SMILES string of the molecule is COc1cc(/C=C/c2cc(OC)c(OC)c(OC)c2)cc(NC(=O)/C=C/c2ccc(N)cc2)c1O. The van der Waals surface area contributed by atoms with Gasteiger partial charge in [-0.2, -0.15) is 0 Å². The number of phenols is 1. The molecule has 0 atom stereocenters. The number of nitrogen functional groups attached to an aromatic ring is 1. The van der Waals surface area contributed by atoms with Crippen molar-refractivity contribution in [3.63, 3.8) is 0 Å². The Hall–Kier alpha value is -4.59. The number of methoxy groups -OCH3 is 4. The summed E-state index contributed by atoms with van der Waals surface area (Å²) < 4.78 is 21.4. The summed E-state index contributed by atoms with van der Waals surface area (Å²) in [6.45, 7) is 0. The van der Waals surface area contributed by atoms with E-state index in [9.17, 15) is 9.90 Å². The molecule has 182 valence electrons. The number of carbonyl (C=O) groups excluding carboxylic acids is 1. The lowest BCUT2D eigenvalue weighted by molar-refractivity contribution is -0.111. The van der Waals surface area contributed by atoms with E-state index in [1.807, 2.05) is 12.2 Å². The summed E-state index contributed by atoms with van der Waals surface area (Å²) in [5, 5.41) is 13.2. The Morgan fingerprint density at radius 1 is 0.771 bits per heavy atom. The number of benzene rings is 3. The van der Waals surface area contributed by atoms with Crippen molar-refractivity contribution in [1.29, 1.82) is 0 Å². The maximum Gasteiger partial charge on any atom is 0.248 e. The van der Waals surface area contributed by atoms with Gasteiger partial charge in [0.15, 0.2) is 23.0 Å². The quantitative estimate of drug-likeness (QED) is 0.175. The topological polar surface area (TPSA) is 112 Å². The number of amides is 1. The fraction of sp³-hybridized carbons (Fsp3) is 0.148. The van der Waals surface area contributed by atoms with E-state index in [2.05, 4.69) is 5.32 Å². The molecule has 3 aromatic rings. The van der Waals surface area contributed by atoms with Crippen LogP contribution in [-0.2, 0) is 4.79 Å². The highest BCUT2D eigenvalue weighted by atomic mass is 16.5. The first kappa shape index (κ1) is 25.0. The van der Waals surface area contributed by atoms with Gasteiger partial charge in [-0.05, 0) is 59.2 Å². The highest BCUT2D eigenvalue weighted by Crippen LogP contribution is 2.39. The predicted molar refractivity (Wildman–Crippen MR) is 138 cm³/mol. The van der Waals surface area contributed by atoms with Crippen molar-refractivity contribution >= 4 is 35.5 Å². The Morgan fingerprint density at radius 3 is 1.86 bits per heavy atom. The first-order valence-corrected chi connectivity index (χ1v) is 10.6. The second kappa shape index (κ2) is 11.5. The number of hydrogen-bond acceptors (Lipinski definition) is 7. The third-order valence-corrected chi connectivity index (χ3v) is 5.09. The van der Waals surface area contributed by atoms with Crippen LogP contribution >= 0.6 is 0 Å². The molecule has 8 heteroatoms. The maximum atomic E-state index is 12.5. The molecule has 0 radical (unpaired) electrons. The van der Waals surface area contributed by atoms with Crippen LogP contribution in [0.4, 0.5) is 11.4 Å². The number of nitrogens with one attached hydrogen (secondary N) is 1. The lowest BCUT2D eigenvalue weighted by atomic mass is 10.1. The van der Waals surface area contributed by atoms with Gasteiger partial charge >= 0.3 is 0 Å². The zero-order chi connectivity index (χ0) is 25.4. The number of nitrogens with two attached hydrogens (primary N) is 1. The van der Waals surface area contributed by atoms with E-state index in [-0.39, 0.29) is 17.2 Å². The summed E-state index contributed by atoms with van der Waals surface area (Å²) >= 11 is 0. The second-order valence-corrected chi connectivity index (χ2v) is 7.40. The maximum absolute atomic E-state index is 12.5. The average molecular weight is 477 g/mol. The number of hydrogen-bond donors (Lipinski definition) is 3. The van der Waals surface area contributed by atoms with Gasteiger partial charge in [-0.3, -0.25) is 4.79 Å². The van der Waals surface area contributed by atoms with Gasteiger partial charge in [0.25, 0.3) is 0 Å². The summed E-state index contributed by atoms with van der Waals surface area (Å²) in [6.07, 6.45) is 6.67. The molecule has 0 fully saturated rings. The van der Waals surface area contributed by atoms with Crippen LogP contribution in [0, 0.1) is 0 Å². The van der Waals surface area contributed by atoms with E-state index in [0.717, 1.165) is 11.1 Å². The molecule has 3 rings (SSSR count). The highest BCUT2D eigenvalue weighted by molar-refractivity contribution is 6.03. The third kappa shape index (κ3) is 6.26. The van der Waals surface area contributed by atoms with Crippen LogP contribution in [0.15, 0.2) is 54.6 Å². The average Bonchev–Trinajstić information content (AvgIpc) is 2.87. The molecule has 4 N–H and O–H groups in total. The molecule has 0 saturated carbocycles. The summed E-state index contributed by atoms with van der Waals surface area (Å²) in [5.41, 5.74) is 8.83.